The molecule has 104 valence electrons. The summed E-state index contributed by atoms with van der Waals surface area (Å²) in [6.45, 7) is 0. The Labute approximate surface area is 128 Å². The first kappa shape index (κ1) is 13.6. The first-order chi connectivity index (χ1) is 10.2. The topological polar surface area (TPSA) is 56.5 Å². The van der Waals surface area contributed by atoms with Gasteiger partial charge in [0.05, 0.1) is 5.56 Å². The van der Waals surface area contributed by atoms with Crippen molar-refractivity contribution in [1.82, 2.24) is 0 Å². The van der Waals surface area contributed by atoms with Crippen molar-refractivity contribution in [1.29, 1.82) is 0 Å². The molecule has 0 radical (unpaired) electrons. The molecule has 2 aromatic carbocycles. The van der Waals surface area contributed by atoms with E-state index < -0.39 is 5.97 Å². The molecule has 0 aliphatic rings. The summed E-state index contributed by atoms with van der Waals surface area (Å²) in [5.41, 5.74) is 0.340. The van der Waals surface area contributed by atoms with Crippen LogP contribution in [0.1, 0.15) is 20.9 Å². The number of furan rings is 1. The molecular formula is C16H9BrO4. The van der Waals surface area contributed by atoms with Gasteiger partial charge in [0.2, 0.25) is 5.76 Å². The zero-order valence-corrected chi connectivity index (χ0v) is 12.3. The van der Waals surface area contributed by atoms with E-state index in [4.69, 9.17) is 9.15 Å². The molecule has 0 N–H and O–H groups in total. The minimum atomic E-state index is -0.654. The molecule has 0 fully saturated rings. The molecular weight excluding hydrogens is 336 g/mol. The number of fused-ring (bicyclic) bond motifs is 1. The third-order valence-corrected chi connectivity index (χ3v) is 3.45. The van der Waals surface area contributed by atoms with Crippen LogP contribution in [0.5, 0.6) is 5.75 Å². The van der Waals surface area contributed by atoms with Gasteiger partial charge in [-0.2, -0.15) is 0 Å². The summed E-state index contributed by atoms with van der Waals surface area (Å²) < 4.78 is 10.8. The average Bonchev–Trinajstić information content (AvgIpc) is 2.93. The molecule has 0 aliphatic carbocycles. The van der Waals surface area contributed by atoms with Crippen molar-refractivity contribution in [3.8, 4) is 5.75 Å². The Kier molecular flexibility index (Phi) is 3.58. The third kappa shape index (κ3) is 2.60. The molecule has 0 unspecified atom stereocenters. The molecule has 0 spiro atoms. The summed E-state index contributed by atoms with van der Waals surface area (Å²) in [7, 11) is 0. The van der Waals surface area contributed by atoms with Crippen molar-refractivity contribution in [2.24, 2.45) is 0 Å². The Morgan fingerprint density at radius 1 is 1.10 bits per heavy atom. The maximum atomic E-state index is 12.0. The van der Waals surface area contributed by atoms with Crippen LogP contribution in [0.2, 0.25) is 0 Å². The summed E-state index contributed by atoms with van der Waals surface area (Å²) in [5, 5.41) is 1.64. The summed E-state index contributed by atoms with van der Waals surface area (Å²) in [5.74, 6) is -0.382. The standard InChI is InChI=1S/C16H9BrO4/c17-15-8-7-14(20-15)16(19)21-13-6-5-10-3-1-2-4-11(10)12(13)9-18/h1-9H. The lowest BCUT2D eigenvalue weighted by Gasteiger charge is -2.08. The van der Waals surface area contributed by atoms with Crippen molar-refractivity contribution >= 4 is 39.0 Å². The number of carbonyl (C=O) groups excluding carboxylic acids is 2. The number of hydrogen-bond acceptors (Lipinski definition) is 4. The van der Waals surface area contributed by atoms with Gasteiger partial charge >= 0.3 is 5.97 Å². The van der Waals surface area contributed by atoms with Crippen LogP contribution >= 0.6 is 15.9 Å². The number of benzene rings is 2. The second kappa shape index (κ2) is 5.54. The van der Waals surface area contributed by atoms with Crippen LogP contribution in [0.15, 0.2) is 57.6 Å². The van der Waals surface area contributed by atoms with Crippen molar-refractivity contribution in [2.45, 2.75) is 0 Å². The van der Waals surface area contributed by atoms with E-state index in [0.29, 0.717) is 16.5 Å². The van der Waals surface area contributed by atoms with Gasteiger partial charge in [-0.15, -0.1) is 0 Å². The molecule has 1 aromatic heterocycles. The molecule has 0 saturated heterocycles. The zero-order chi connectivity index (χ0) is 14.8. The van der Waals surface area contributed by atoms with Crippen LogP contribution in [0, 0.1) is 0 Å². The summed E-state index contributed by atoms with van der Waals surface area (Å²) >= 11 is 3.12. The van der Waals surface area contributed by atoms with Crippen LogP contribution < -0.4 is 4.74 Å². The van der Waals surface area contributed by atoms with Gasteiger partial charge in [-0.3, -0.25) is 4.79 Å². The molecule has 0 saturated carbocycles. The number of aldehydes is 1. The normalized spacial score (nSPS) is 10.5. The Morgan fingerprint density at radius 2 is 1.90 bits per heavy atom. The number of esters is 1. The first-order valence-corrected chi connectivity index (χ1v) is 6.93. The highest BCUT2D eigenvalue weighted by atomic mass is 79.9. The van der Waals surface area contributed by atoms with Crippen LogP contribution in [0.3, 0.4) is 0 Å². The maximum Gasteiger partial charge on any atom is 0.379 e. The molecule has 3 rings (SSSR count). The Hall–Kier alpha value is -2.40. The molecule has 21 heavy (non-hydrogen) atoms. The minimum absolute atomic E-state index is 0.0619. The monoisotopic (exact) mass is 344 g/mol. The summed E-state index contributed by atoms with van der Waals surface area (Å²) in [4.78, 5) is 23.3. The predicted molar refractivity (Wildman–Crippen MR) is 80.7 cm³/mol. The molecule has 0 amide bonds. The summed E-state index contributed by atoms with van der Waals surface area (Å²) in [6.07, 6.45) is 0.684. The van der Waals surface area contributed by atoms with E-state index >= 15 is 0 Å². The largest absolute Gasteiger partial charge is 0.442 e. The van der Waals surface area contributed by atoms with Crippen molar-refractivity contribution in [2.75, 3.05) is 0 Å². The van der Waals surface area contributed by atoms with Gasteiger partial charge in [-0.05, 0) is 44.9 Å². The molecule has 4 nitrogen and oxygen atoms in total. The number of carbonyl (C=O) groups is 2. The lowest BCUT2D eigenvalue weighted by Crippen LogP contribution is -2.08. The molecule has 3 aromatic rings. The van der Waals surface area contributed by atoms with E-state index in [0.717, 1.165) is 10.8 Å². The summed E-state index contributed by atoms with van der Waals surface area (Å²) in [6, 6.07) is 13.9. The van der Waals surface area contributed by atoms with Gasteiger partial charge in [0.15, 0.2) is 11.0 Å². The second-order valence-electron chi connectivity index (χ2n) is 4.31. The fourth-order valence-corrected chi connectivity index (χ4v) is 2.37. The average molecular weight is 345 g/mol. The highest BCUT2D eigenvalue weighted by Crippen LogP contribution is 2.27. The van der Waals surface area contributed by atoms with Crippen molar-refractivity contribution in [3.63, 3.8) is 0 Å². The lowest BCUT2D eigenvalue weighted by atomic mass is 10.0. The Balaban J connectivity index is 2.00. The van der Waals surface area contributed by atoms with Gasteiger partial charge in [0.25, 0.3) is 0 Å². The highest BCUT2D eigenvalue weighted by molar-refractivity contribution is 9.10. The predicted octanol–water partition coefficient (Wildman–Crippen LogP) is 4.23. The van der Waals surface area contributed by atoms with Gasteiger partial charge in [-0.25, -0.2) is 4.79 Å². The number of hydrogen-bond donors (Lipinski definition) is 0. The Bertz CT molecular complexity index is 835. The fourth-order valence-electron chi connectivity index (χ4n) is 2.06. The minimum Gasteiger partial charge on any atom is -0.442 e. The second-order valence-corrected chi connectivity index (χ2v) is 5.09. The van der Waals surface area contributed by atoms with E-state index in [9.17, 15) is 9.59 Å². The molecule has 1 heterocycles. The first-order valence-electron chi connectivity index (χ1n) is 6.13. The number of rotatable bonds is 3. The van der Waals surface area contributed by atoms with E-state index in [1.165, 1.54) is 6.07 Å². The van der Waals surface area contributed by atoms with Crippen LogP contribution in [0.4, 0.5) is 0 Å². The van der Waals surface area contributed by atoms with Crippen molar-refractivity contribution < 1.29 is 18.7 Å². The molecule has 0 atom stereocenters. The van der Waals surface area contributed by atoms with Gasteiger partial charge in [0, 0.05) is 0 Å². The van der Waals surface area contributed by atoms with E-state index in [-0.39, 0.29) is 11.5 Å². The van der Waals surface area contributed by atoms with E-state index in [1.54, 1.807) is 24.3 Å². The molecule has 0 bridgehead atoms. The fraction of sp³-hybridized carbons (Fsp3) is 0. The number of ether oxygens (including phenoxy) is 1. The van der Waals surface area contributed by atoms with Crippen molar-refractivity contribution in [3.05, 3.63) is 64.5 Å². The van der Waals surface area contributed by atoms with Crippen LogP contribution in [0.25, 0.3) is 10.8 Å². The number of halogens is 1. The molecule has 0 aliphatic heterocycles. The van der Waals surface area contributed by atoms with Gasteiger partial charge < -0.3 is 9.15 Å². The lowest BCUT2D eigenvalue weighted by molar-refractivity contribution is 0.0699. The third-order valence-electron chi connectivity index (χ3n) is 3.03. The highest BCUT2D eigenvalue weighted by Gasteiger charge is 2.16. The quantitative estimate of drug-likeness (QED) is 0.405. The maximum absolute atomic E-state index is 12.0. The molecule has 5 heteroatoms. The smallest absolute Gasteiger partial charge is 0.379 e. The van der Waals surface area contributed by atoms with E-state index in [1.807, 2.05) is 18.2 Å². The van der Waals surface area contributed by atoms with Crippen LogP contribution in [-0.4, -0.2) is 12.3 Å². The van der Waals surface area contributed by atoms with Gasteiger partial charge in [-0.1, -0.05) is 30.3 Å². The zero-order valence-electron chi connectivity index (χ0n) is 10.7. The SMILES string of the molecule is O=Cc1c(OC(=O)c2ccc(Br)o2)ccc2ccccc12. The Morgan fingerprint density at radius 3 is 2.62 bits per heavy atom. The van der Waals surface area contributed by atoms with Gasteiger partial charge in [0.1, 0.15) is 5.75 Å². The van der Waals surface area contributed by atoms with Crippen LogP contribution in [-0.2, 0) is 0 Å². The van der Waals surface area contributed by atoms with E-state index in [2.05, 4.69) is 15.9 Å².